The second-order valence-corrected chi connectivity index (χ2v) is 15.3. The summed E-state index contributed by atoms with van der Waals surface area (Å²) in [6, 6.07) is 27.6. The average Bonchev–Trinajstić information content (AvgIpc) is 3.68. The zero-order chi connectivity index (χ0) is 40.3. The van der Waals surface area contributed by atoms with E-state index < -0.39 is 58.5 Å². The van der Waals surface area contributed by atoms with E-state index in [2.05, 4.69) is 35.7 Å². The molecule has 0 saturated carbocycles. The molecule has 2 aromatic heterocycles. The van der Waals surface area contributed by atoms with Gasteiger partial charge in [0.25, 0.3) is 17.7 Å². The summed E-state index contributed by atoms with van der Waals surface area (Å²) in [5.74, 6) is -3.87. The van der Waals surface area contributed by atoms with Crippen LogP contribution >= 0.6 is 34.9 Å². The summed E-state index contributed by atoms with van der Waals surface area (Å²) in [7, 11) is 1.44. The van der Waals surface area contributed by atoms with E-state index in [9.17, 15) is 38.2 Å². The molecule has 292 valence electrons. The minimum Gasteiger partial charge on any atom is -0.488 e. The fourth-order valence-corrected chi connectivity index (χ4v) is 9.54. The molecule has 57 heavy (non-hydrogen) atoms. The van der Waals surface area contributed by atoms with Gasteiger partial charge in [-0.3, -0.25) is 19.3 Å². The molecule has 4 N–H and O–H groups in total. The minimum absolute atomic E-state index is 0.0109. The summed E-state index contributed by atoms with van der Waals surface area (Å²) in [5.41, 5.74) is -0.0980. The van der Waals surface area contributed by atoms with Gasteiger partial charge in [0.15, 0.2) is 16.0 Å². The number of aliphatic carboxylic acids is 1. The van der Waals surface area contributed by atoms with Gasteiger partial charge in [0.05, 0.1) is 0 Å². The number of hydrogen-bond acceptors (Lipinski definition) is 14. The highest BCUT2D eigenvalue weighted by molar-refractivity contribution is 8.01. The van der Waals surface area contributed by atoms with E-state index in [1.54, 1.807) is 0 Å². The number of aryl methyl sites for hydroxylation is 1. The van der Waals surface area contributed by atoms with Crippen LogP contribution in [0.25, 0.3) is 0 Å². The number of carbonyl (C=O) groups is 3. The van der Waals surface area contributed by atoms with Crippen LogP contribution in [-0.2, 0) is 31.8 Å². The number of thiazole rings is 1. The molecule has 2 amide bonds. The van der Waals surface area contributed by atoms with Gasteiger partial charge in [-0.05, 0) is 22.3 Å². The average molecular weight is 833 g/mol. The molecular formula is C37H30F2N8O7S3. The van der Waals surface area contributed by atoms with Gasteiger partial charge in [-0.2, -0.15) is 13.8 Å². The number of benzene rings is 3. The maximum Gasteiger partial charge on any atom is 0.407 e. The third-order valence-electron chi connectivity index (χ3n) is 8.92. The number of amides is 2. The number of nitrogens with one attached hydrogen (secondary N) is 2. The number of β-lactam (4-membered cyclic amide) rings is 1. The Labute approximate surface area is 334 Å². The summed E-state index contributed by atoms with van der Waals surface area (Å²) in [4.78, 5) is 65.1. The predicted octanol–water partition coefficient (Wildman–Crippen LogP) is 4.22. The second-order valence-electron chi connectivity index (χ2n) is 12.4. The van der Waals surface area contributed by atoms with Crippen molar-refractivity contribution in [2.24, 2.45) is 12.2 Å². The van der Waals surface area contributed by atoms with Crippen LogP contribution in [0.1, 0.15) is 22.4 Å². The number of aromatic hydroxyl groups is 1. The van der Waals surface area contributed by atoms with E-state index in [1.807, 2.05) is 91.0 Å². The maximum absolute atomic E-state index is 13.8. The van der Waals surface area contributed by atoms with E-state index in [0.717, 1.165) is 49.4 Å². The number of aromatic nitrogens is 4. The second kappa shape index (κ2) is 16.5. The number of oxime groups is 1. The van der Waals surface area contributed by atoms with E-state index in [1.165, 1.54) is 24.2 Å². The van der Waals surface area contributed by atoms with Gasteiger partial charge in [0.1, 0.15) is 28.3 Å². The predicted molar refractivity (Wildman–Crippen MR) is 208 cm³/mol. The minimum atomic E-state index is -3.38. The zero-order valence-corrected chi connectivity index (χ0v) is 31.9. The van der Waals surface area contributed by atoms with Gasteiger partial charge in [-0.25, -0.2) is 14.5 Å². The number of carboxylic acid groups (broad SMARTS) is 1. The number of hydrogen-bond donors (Lipinski definition) is 4. The third-order valence-corrected chi connectivity index (χ3v) is 12.1. The van der Waals surface area contributed by atoms with Crippen LogP contribution in [0.3, 0.4) is 0 Å². The number of nitrogens with zero attached hydrogens (tertiary/aromatic N) is 6. The molecular weight excluding hydrogens is 803 g/mol. The summed E-state index contributed by atoms with van der Waals surface area (Å²) in [6.07, 6.45) is 0. The summed E-state index contributed by atoms with van der Waals surface area (Å²) in [6.45, 7) is -3.38. The number of carboxylic acids is 1. The van der Waals surface area contributed by atoms with Crippen LogP contribution in [0.15, 0.2) is 123 Å². The highest BCUT2D eigenvalue weighted by atomic mass is 32.2. The monoisotopic (exact) mass is 832 g/mol. The molecule has 0 aliphatic carbocycles. The first-order valence-electron chi connectivity index (χ1n) is 16.9. The van der Waals surface area contributed by atoms with Gasteiger partial charge >= 0.3 is 18.1 Å². The normalized spacial score (nSPS) is 16.9. The molecule has 2 atom stereocenters. The number of alkyl halides is 2. The van der Waals surface area contributed by atoms with E-state index in [4.69, 9.17) is 0 Å². The summed E-state index contributed by atoms with van der Waals surface area (Å²) >= 11 is 3.24. The van der Waals surface area contributed by atoms with Gasteiger partial charge < -0.3 is 25.7 Å². The molecule has 1 unspecified atom stereocenters. The smallest absolute Gasteiger partial charge is 0.407 e. The Morgan fingerprint density at radius 2 is 1.60 bits per heavy atom. The van der Waals surface area contributed by atoms with Crippen molar-refractivity contribution in [2.75, 3.05) is 16.8 Å². The Hall–Kier alpha value is -6.12. The van der Waals surface area contributed by atoms with Crippen molar-refractivity contribution in [1.29, 1.82) is 0 Å². The van der Waals surface area contributed by atoms with Crippen molar-refractivity contribution in [3.05, 3.63) is 140 Å². The van der Waals surface area contributed by atoms with Gasteiger partial charge in [0.2, 0.25) is 0 Å². The molecule has 20 heteroatoms. The van der Waals surface area contributed by atoms with Crippen LogP contribution in [-0.4, -0.2) is 87.9 Å². The Morgan fingerprint density at radius 3 is 2.16 bits per heavy atom. The van der Waals surface area contributed by atoms with Crippen molar-refractivity contribution in [3.63, 3.8) is 0 Å². The molecule has 0 radical (unpaired) electrons. The van der Waals surface area contributed by atoms with Gasteiger partial charge in [-0.1, -0.05) is 108 Å². The lowest BCUT2D eigenvalue weighted by Crippen LogP contribution is -2.71. The van der Waals surface area contributed by atoms with E-state index in [0.29, 0.717) is 10.7 Å². The molecule has 2 aliphatic rings. The number of fused-ring (bicyclic) bond motifs is 1. The van der Waals surface area contributed by atoms with Gasteiger partial charge in [0, 0.05) is 23.9 Å². The van der Waals surface area contributed by atoms with Crippen molar-refractivity contribution in [3.8, 4) is 5.88 Å². The molecule has 0 spiro atoms. The van der Waals surface area contributed by atoms with Crippen molar-refractivity contribution >= 4 is 63.5 Å². The Kier molecular flexibility index (Phi) is 11.4. The Balaban J connectivity index is 1.14. The number of thioether (sulfide) groups is 2. The van der Waals surface area contributed by atoms with Gasteiger partial charge in [-0.15, -0.1) is 28.2 Å². The lowest BCUT2D eigenvalue weighted by atomic mass is 9.77. The fraction of sp³-hybridized carbons (Fsp3) is 0.189. The van der Waals surface area contributed by atoms with E-state index >= 15 is 0 Å². The van der Waals surface area contributed by atoms with Crippen LogP contribution in [0.5, 0.6) is 5.88 Å². The zero-order valence-electron chi connectivity index (χ0n) is 29.5. The lowest BCUT2D eigenvalue weighted by molar-refractivity contribution is -0.150. The quantitative estimate of drug-likeness (QED) is 0.0408. The Bertz CT molecular complexity index is 2340. The maximum atomic E-state index is 13.8. The Morgan fingerprint density at radius 1 is 1.00 bits per heavy atom. The first kappa shape index (κ1) is 39.1. The molecule has 2 aliphatic heterocycles. The first-order chi connectivity index (χ1) is 27.5. The molecule has 0 bridgehead atoms. The topological polar surface area (TPSA) is 201 Å². The highest BCUT2D eigenvalue weighted by Crippen LogP contribution is 2.43. The molecule has 1 saturated heterocycles. The lowest BCUT2D eigenvalue weighted by Gasteiger charge is -2.49. The number of anilines is 1. The standard InChI is InChI=1S/C37H30F2N8O7S3/c1-46-36(42-29(49)30(50)44-46)57-18-20-17-55-32-26(31(51)47(32)27(20)33(52)53)41-28(48)25(45-54-34(38)39)24-19-56-35(40-24)43-37(21-11-5-2-6-12-21,22-13-7-3-8-14-22)23-15-9-4-10-16-23/h2-16,19,26,32,34H,17-18H2,1H3,(H,40,43)(H,41,48)(H,44,50)(H,52,53)/t26?,32-/m0/s1. The number of halogens is 2. The largest absolute Gasteiger partial charge is 0.488 e. The van der Waals surface area contributed by atoms with Crippen LogP contribution in [0.4, 0.5) is 13.9 Å². The highest BCUT2D eigenvalue weighted by Gasteiger charge is 2.54. The SMILES string of the molecule is Cn1nc(O)c(=O)nc1SCC1=C(C(=O)O)N2C(=O)C(NC(=O)C(=NOC(F)F)c3csc(NC(c4ccccc4)(c4ccccc4)c4ccccc4)n3)[C@@H]2SC1. The molecule has 1 fully saturated rings. The summed E-state index contributed by atoms with van der Waals surface area (Å²) < 4.78 is 27.8. The molecule has 15 nitrogen and oxygen atoms in total. The molecule has 5 aromatic rings. The van der Waals surface area contributed by atoms with Crippen molar-refractivity contribution in [2.45, 2.75) is 28.7 Å². The number of rotatable bonds is 14. The number of carbonyl (C=O) groups excluding carboxylic acids is 2. The molecule has 4 heterocycles. The van der Waals surface area contributed by atoms with Crippen molar-refractivity contribution in [1.82, 2.24) is 30.0 Å². The van der Waals surface area contributed by atoms with Crippen molar-refractivity contribution < 1.29 is 38.2 Å². The molecule has 7 rings (SSSR count). The van der Waals surface area contributed by atoms with Crippen LogP contribution in [0.2, 0.25) is 0 Å². The van der Waals surface area contributed by atoms with Crippen LogP contribution < -0.4 is 16.2 Å². The van der Waals surface area contributed by atoms with Crippen LogP contribution in [0, 0.1) is 0 Å². The molecule has 3 aromatic carbocycles. The first-order valence-corrected chi connectivity index (χ1v) is 19.8. The van der Waals surface area contributed by atoms with E-state index in [-0.39, 0.29) is 28.1 Å². The fourth-order valence-electron chi connectivity index (χ4n) is 6.40. The summed E-state index contributed by atoms with van der Waals surface area (Å²) in [5, 5.41) is 33.8. The third kappa shape index (κ3) is 7.83.